The van der Waals surface area contributed by atoms with Gasteiger partial charge in [0.25, 0.3) is 11.8 Å². The molecule has 0 bridgehead atoms. The number of hydrogen-bond donors (Lipinski definition) is 3. The van der Waals surface area contributed by atoms with Crippen molar-refractivity contribution in [2.24, 2.45) is 0 Å². The quantitative estimate of drug-likeness (QED) is 0.120. The zero-order valence-corrected chi connectivity index (χ0v) is 37.4. The van der Waals surface area contributed by atoms with E-state index >= 15 is 0 Å². The largest absolute Gasteiger partial charge is 0.495 e. The van der Waals surface area contributed by atoms with E-state index in [1.807, 2.05) is 13.0 Å². The van der Waals surface area contributed by atoms with Gasteiger partial charge in [-0.15, -0.1) is 5.10 Å². The number of halogens is 1. The molecule has 336 valence electrons. The van der Waals surface area contributed by atoms with Gasteiger partial charge >= 0.3 is 0 Å². The van der Waals surface area contributed by atoms with Crippen LogP contribution in [-0.4, -0.2) is 107 Å². The molecule has 0 unspecified atom stereocenters. The van der Waals surface area contributed by atoms with Gasteiger partial charge in [-0.2, -0.15) is 15.3 Å². The van der Waals surface area contributed by atoms with Gasteiger partial charge in [0.05, 0.1) is 41.4 Å². The van der Waals surface area contributed by atoms with Crippen LogP contribution in [0.25, 0.3) is 0 Å². The van der Waals surface area contributed by atoms with Gasteiger partial charge in [-0.05, 0) is 113 Å². The normalized spacial score (nSPS) is 20.6. The molecular weight excluding hydrogens is 834 g/mol. The summed E-state index contributed by atoms with van der Waals surface area (Å²) in [4.78, 5) is 55.3. The molecule has 4 aliphatic rings. The molecule has 0 radical (unpaired) electrons. The summed E-state index contributed by atoms with van der Waals surface area (Å²) in [5, 5.41) is 27.7. The predicted octanol–water partition coefficient (Wildman–Crippen LogP) is 6.78. The summed E-state index contributed by atoms with van der Waals surface area (Å²) in [6.07, 6.45) is 11.7. The fourth-order valence-electron chi connectivity index (χ4n) is 9.50. The lowest BCUT2D eigenvalue weighted by Crippen LogP contribution is -2.55. The van der Waals surface area contributed by atoms with E-state index in [4.69, 9.17) is 31.3 Å². The van der Waals surface area contributed by atoms with E-state index in [0.717, 1.165) is 88.8 Å². The van der Waals surface area contributed by atoms with Gasteiger partial charge in [-0.1, -0.05) is 31.4 Å². The zero-order valence-electron chi connectivity index (χ0n) is 36.7. The minimum atomic E-state index is -0.265. The molecule has 3 amide bonds. The number of methoxy groups -OCH3 is 1. The third kappa shape index (κ3) is 10.0. The Hall–Kier alpha value is -6.05. The second-order valence-electron chi connectivity index (χ2n) is 17.1. The molecule has 16 nitrogen and oxygen atoms in total. The maximum atomic E-state index is 13.3. The number of amides is 3. The van der Waals surface area contributed by atoms with Crippen molar-refractivity contribution in [3.63, 3.8) is 0 Å². The molecule has 4 aromatic rings. The minimum Gasteiger partial charge on any atom is -0.495 e. The number of carbonyl (C=O) groups excluding carboxylic acids is 3. The number of rotatable bonds is 14. The van der Waals surface area contributed by atoms with Crippen molar-refractivity contribution in [1.29, 1.82) is 5.26 Å². The van der Waals surface area contributed by atoms with Gasteiger partial charge in [-0.3, -0.25) is 14.4 Å². The Morgan fingerprint density at radius 1 is 0.953 bits per heavy atom. The van der Waals surface area contributed by atoms with Crippen LogP contribution in [0, 0.1) is 11.3 Å². The molecule has 2 aliphatic heterocycles. The number of fused-ring (bicyclic) bond motifs is 1. The number of likely N-dealkylation sites (tertiary alicyclic amines) is 1. The summed E-state index contributed by atoms with van der Waals surface area (Å²) in [7, 11) is 3.35. The maximum absolute atomic E-state index is 13.3. The Labute approximate surface area is 379 Å². The topological polar surface area (TPSA) is 191 Å². The molecular formula is C47H56ClN11O5. The van der Waals surface area contributed by atoms with E-state index in [2.05, 4.69) is 47.0 Å². The summed E-state index contributed by atoms with van der Waals surface area (Å²) in [6, 6.07) is 16.1. The van der Waals surface area contributed by atoms with Crippen LogP contribution in [0.4, 0.5) is 23.1 Å². The summed E-state index contributed by atoms with van der Waals surface area (Å²) in [5.74, 6) is 2.16. The molecule has 8 rings (SSSR count). The van der Waals surface area contributed by atoms with Crippen molar-refractivity contribution in [3.05, 3.63) is 82.3 Å². The van der Waals surface area contributed by atoms with Crippen molar-refractivity contribution in [2.45, 2.75) is 108 Å². The summed E-state index contributed by atoms with van der Waals surface area (Å²) in [5.41, 5.74) is 3.40. The Bertz CT molecular complexity index is 2360. The first-order valence-corrected chi connectivity index (χ1v) is 22.9. The predicted molar refractivity (Wildman–Crippen MR) is 244 cm³/mol. The van der Waals surface area contributed by atoms with Crippen molar-refractivity contribution in [1.82, 2.24) is 35.7 Å². The standard InChI is InChI=1S/C47H56ClN11O5/c1-4-40-46(62)57(2)41-28-51-47(54-43(41)59(40)33-7-5-6-8-33)53-38-16-10-30(25-42(38)63-3)44(60)50-21-24-58-22-19-29(20-23-58)37-17-18-39(56-55-37)45(61)52-32-11-14-34(15-12-32)64-35-13-9-31(27-49)36(48)26-35/h9-10,13,16-18,25-26,28-29,32-34,40H,4-8,11-12,14-15,19-24H2,1-3H3,(H,50,60)(H,52,61)(H,51,53,54)/t32?,34?,40-/m0/s1. The lowest BCUT2D eigenvalue weighted by atomic mass is 9.92. The van der Waals surface area contributed by atoms with E-state index in [9.17, 15) is 14.4 Å². The second kappa shape index (κ2) is 20.2. The summed E-state index contributed by atoms with van der Waals surface area (Å²) in [6.45, 7) is 4.97. The zero-order chi connectivity index (χ0) is 44.7. The van der Waals surface area contributed by atoms with E-state index in [0.29, 0.717) is 70.2 Å². The van der Waals surface area contributed by atoms with Gasteiger partial charge in [0.2, 0.25) is 11.9 Å². The van der Waals surface area contributed by atoms with Crippen molar-refractivity contribution < 1.29 is 23.9 Å². The first-order valence-electron chi connectivity index (χ1n) is 22.5. The van der Waals surface area contributed by atoms with E-state index in [1.165, 1.54) is 0 Å². The number of benzene rings is 2. The molecule has 1 saturated heterocycles. The number of anilines is 4. The fourth-order valence-corrected chi connectivity index (χ4v) is 9.71. The highest BCUT2D eigenvalue weighted by atomic mass is 35.5. The number of hydrogen-bond acceptors (Lipinski definition) is 13. The molecule has 2 aliphatic carbocycles. The maximum Gasteiger partial charge on any atom is 0.272 e. The summed E-state index contributed by atoms with van der Waals surface area (Å²) < 4.78 is 11.8. The molecule has 0 spiro atoms. The van der Waals surface area contributed by atoms with Gasteiger partial charge in [0.15, 0.2) is 11.5 Å². The van der Waals surface area contributed by atoms with Gasteiger partial charge in [0, 0.05) is 49.8 Å². The van der Waals surface area contributed by atoms with Gasteiger partial charge in [0.1, 0.15) is 29.3 Å². The van der Waals surface area contributed by atoms with Crippen LogP contribution in [0.2, 0.25) is 5.02 Å². The first kappa shape index (κ1) is 44.6. The van der Waals surface area contributed by atoms with Crippen LogP contribution in [0.5, 0.6) is 11.5 Å². The molecule has 1 atom stereocenters. The molecule has 2 aromatic carbocycles. The minimum absolute atomic E-state index is 0.0170. The highest BCUT2D eigenvalue weighted by molar-refractivity contribution is 6.31. The third-order valence-corrected chi connectivity index (χ3v) is 13.4. The average Bonchev–Trinajstić information content (AvgIpc) is 3.86. The summed E-state index contributed by atoms with van der Waals surface area (Å²) >= 11 is 6.16. The Balaban J connectivity index is 0.770. The van der Waals surface area contributed by atoms with Crippen LogP contribution >= 0.6 is 11.6 Å². The number of likely N-dealkylation sites (N-methyl/N-ethyl adjacent to an activating group) is 1. The second-order valence-corrected chi connectivity index (χ2v) is 17.6. The molecule has 4 heterocycles. The monoisotopic (exact) mass is 889 g/mol. The van der Waals surface area contributed by atoms with Crippen LogP contribution in [-0.2, 0) is 4.79 Å². The molecule has 64 heavy (non-hydrogen) atoms. The number of nitrogens with zero attached hydrogens (tertiary/aromatic N) is 8. The van der Waals surface area contributed by atoms with Crippen molar-refractivity contribution in [2.75, 3.05) is 55.5 Å². The SMILES string of the molecule is CC[C@H]1C(=O)N(C)c2cnc(Nc3ccc(C(=O)NCCN4CCC(c5ccc(C(=O)NC6CCC(Oc7ccc(C#N)c(Cl)c7)CC6)nn5)CC4)cc3OC)nc2N1C1CCCC1. The van der Waals surface area contributed by atoms with E-state index in [-0.39, 0.29) is 47.9 Å². The smallest absolute Gasteiger partial charge is 0.272 e. The lowest BCUT2D eigenvalue weighted by Gasteiger charge is -2.43. The van der Waals surface area contributed by atoms with Crippen LogP contribution in [0.1, 0.15) is 116 Å². The molecule has 2 aromatic heterocycles. The average molecular weight is 890 g/mol. The third-order valence-electron chi connectivity index (χ3n) is 13.1. The van der Waals surface area contributed by atoms with Crippen LogP contribution < -0.4 is 35.2 Å². The fraction of sp³-hybridized carbons (Fsp3) is 0.489. The lowest BCUT2D eigenvalue weighted by molar-refractivity contribution is -0.120. The number of nitrogens with one attached hydrogen (secondary N) is 3. The molecule has 2 saturated carbocycles. The van der Waals surface area contributed by atoms with Crippen molar-refractivity contribution in [3.8, 4) is 17.6 Å². The highest BCUT2D eigenvalue weighted by Gasteiger charge is 2.41. The number of piperidine rings is 1. The van der Waals surface area contributed by atoms with E-state index in [1.54, 1.807) is 67.7 Å². The van der Waals surface area contributed by atoms with Crippen molar-refractivity contribution >= 4 is 52.5 Å². The Kier molecular flexibility index (Phi) is 14.1. The van der Waals surface area contributed by atoms with Crippen LogP contribution in [0.15, 0.2) is 54.7 Å². The Morgan fingerprint density at radius 2 is 1.73 bits per heavy atom. The molecule has 17 heteroatoms. The van der Waals surface area contributed by atoms with E-state index < -0.39 is 0 Å². The molecule has 3 fully saturated rings. The number of aromatic nitrogens is 4. The van der Waals surface area contributed by atoms with Crippen LogP contribution in [0.3, 0.4) is 0 Å². The number of ether oxygens (including phenoxy) is 2. The first-order chi connectivity index (χ1) is 31.1. The number of nitriles is 1. The van der Waals surface area contributed by atoms with Gasteiger partial charge in [-0.25, -0.2) is 4.98 Å². The highest BCUT2D eigenvalue weighted by Crippen LogP contribution is 2.40. The number of carbonyl (C=O) groups is 3. The Morgan fingerprint density at radius 3 is 2.42 bits per heavy atom. The molecule has 3 N–H and O–H groups in total. The van der Waals surface area contributed by atoms with Gasteiger partial charge < -0.3 is 40.1 Å².